The summed E-state index contributed by atoms with van der Waals surface area (Å²) in [6.45, 7) is 0.395. The third-order valence-electron chi connectivity index (χ3n) is 5.01. The monoisotopic (exact) mass is 648 g/mol. The minimum atomic E-state index is -0.374. The van der Waals surface area contributed by atoms with E-state index in [9.17, 15) is 4.79 Å². The van der Waals surface area contributed by atoms with Gasteiger partial charge < -0.3 is 9.47 Å². The second-order valence-corrected chi connectivity index (χ2v) is 9.83. The average Bonchev–Trinajstić information content (AvgIpc) is 2.83. The van der Waals surface area contributed by atoms with Crippen LogP contribution in [-0.4, -0.2) is 19.2 Å². The second-order valence-electron chi connectivity index (χ2n) is 7.33. The SMILES string of the molecule is COc1cc2ccccc2cc1C(=O)N/N=C\c1cc(Cl)c(OCc2ccc(I)cc2)c(Br)c1. The number of rotatable bonds is 7. The molecule has 1 amide bonds. The second kappa shape index (κ2) is 11.2. The zero-order valence-corrected chi connectivity index (χ0v) is 22.5. The lowest BCUT2D eigenvalue weighted by Crippen LogP contribution is -2.18. The molecule has 34 heavy (non-hydrogen) atoms. The maximum atomic E-state index is 12.7. The van der Waals surface area contributed by atoms with Crippen LogP contribution in [0.15, 0.2) is 82.4 Å². The molecule has 0 bridgehead atoms. The molecule has 8 heteroatoms. The molecule has 0 aliphatic carbocycles. The number of methoxy groups -OCH3 is 1. The molecule has 0 radical (unpaired) electrons. The maximum absolute atomic E-state index is 12.7. The van der Waals surface area contributed by atoms with Crippen LogP contribution in [-0.2, 0) is 6.61 Å². The Morgan fingerprint density at radius 3 is 2.47 bits per heavy atom. The molecule has 0 aliphatic heterocycles. The van der Waals surface area contributed by atoms with Crippen LogP contribution in [0.5, 0.6) is 11.5 Å². The molecule has 0 aromatic heterocycles. The van der Waals surface area contributed by atoms with Crippen molar-refractivity contribution in [2.24, 2.45) is 5.10 Å². The number of carbonyl (C=O) groups excluding carboxylic acids is 1. The van der Waals surface area contributed by atoms with Crippen molar-refractivity contribution in [3.63, 3.8) is 0 Å². The minimum Gasteiger partial charge on any atom is -0.496 e. The molecule has 0 heterocycles. The topological polar surface area (TPSA) is 59.9 Å². The van der Waals surface area contributed by atoms with Crippen LogP contribution in [0.4, 0.5) is 0 Å². The van der Waals surface area contributed by atoms with Gasteiger partial charge in [0.25, 0.3) is 5.91 Å². The van der Waals surface area contributed by atoms with Gasteiger partial charge in [-0.2, -0.15) is 5.10 Å². The molecular weight excluding hydrogens is 631 g/mol. The summed E-state index contributed by atoms with van der Waals surface area (Å²) in [5.74, 6) is 0.649. The van der Waals surface area contributed by atoms with Gasteiger partial charge in [-0.05, 0) is 96.8 Å². The van der Waals surface area contributed by atoms with E-state index in [0.717, 1.165) is 19.9 Å². The van der Waals surface area contributed by atoms with E-state index >= 15 is 0 Å². The number of carbonyl (C=O) groups is 1. The summed E-state index contributed by atoms with van der Waals surface area (Å²) in [7, 11) is 1.53. The fraction of sp³-hybridized carbons (Fsp3) is 0.0769. The van der Waals surface area contributed by atoms with Crippen molar-refractivity contribution in [1.29, 1.82) is 0 Å². The van der Waals surface area contributed by atoms with Crippen molar-refractivity contribution < 1.29 is 14.3 Å². The number of hydrazone groups is 1. The highest BCUT2D eigenvalue weighted by Crippen LogP contribution is 2.35. The van der Waals surface area contributed by atoms with E-state index in [1.807, 2.05) is 60.7 Å². The van der Waals surface area contributed by atoms with Gasteiger partial charge in [-0.3, -0.25) is 4.79 Å². The van der Waals surface area contributed by atoms with Gasteiger partial charge >= 0.3 is 0 Å². The Morgan fingerprint density at radius 2 is 1.79 bits per heavy atom. The van der Waals surface area contributed by atoms with Crippen LogP contribution >= 0.6 is 50.1 Å². The lowest BCUT2D eigenvalue weighted by Gasteiger charge is -2.11. The number of halogens is 3. The quantitative estimate of drug-likeness (QED) is 0.131. The summed E-state index contributed by atoms with van der Waals surface area (Å²) in [5, 5.41) is 6.45. The molecule has 0 atom stereocenters. The van der Waals surface area contributed by atoms with E-state index in [-0.39, 0.29) is 5.91 Å². The molecule has 1 N–H and O–H groups in total. The molecule has 4 aromatic rings. The fourth-order valence-corrected chi connectivity index (χ4v) is 4.67. The Hall–Kier alpha value is -2.62. The smallest absolute Gasteiger partial charge is 0.275 e. The molecule has 4 rings (SSSR count). The van der Waals surface area contributed by atoms with Gasteiger partial charge in [-0.1, -0.05) is 48.0 Å². The van der Waals surface area contributed by atoms with Crippen molar-refractivity contribution in [3.05, 3.63) is 103 Å². The highest BCUT2D eigenvalue weighted by molar-refractivity contribution is 14.1. The number of nitrogens with zero attached hydrogens (tertiary/aromatic N) is 1. The first-order valence-corrected chi connectivity index (χ1v) is 12.5. The molecule has 0 aliphatic rings. The van der Waals surface area contributed by atoms with E-state index in [0.29, 0.717) is 38.7 Å². The van der Waals surface area contributed by atoms with Crippen molar-refractivity contribution >= 4 is 73.0 Å². The Bertz CT molecular complexity index is 1350. The zero-order chi connectivity index (χ0) is 24.1. The molecular formula is C26H19BrClIN2O3. The standard InChI is InChI=1S/C26H19BrClIN2O3/c1-33-24-13-19-5-3-2-4-18(19)12-21(24)26(32)31-30-14-17-10-22(27)25(23(28)11-17)34-15-16-6-8-20(29)9-7-16/h2-14H,15H2,1H3,(H,31,32)/b30-14-. The average molecular weight is 650 g/mol. The van der Waals surface area contributed by atoms with Crippen molar-refractivity contribution in [2.75, 3.05) is 7.11 Å². The highest BCUT2D eigenvalue weighted by Gasteiger charge is 2.13. The van der Waals surface area contributed by atoms with Gasteiger partial charge in [0.15, 0.2) is 5.75 Å². The molecule has 0 saturated carbocycles. The van der Waals surface area contributed by atoms with Gasteiger partial charge in [-0.25, -0.2) is 5.43 Å². The van der Waals surface area contributed by atoms with Gasteiger partial charge in [0.2, 0.25) is 0 Å². The molecule has 5 nitrogen and oxygen atoms in total. The molecule has 172 valence electrons. The summed E-state index contributed by atoms with van der Waals surface area (Å²) in [6, 6.07) is 23.0. The molecule has 0 saturated heterocycles. The lowest BCUT2D eigenvalue weighted by molar-refractivity contribution is 0.0952. The summed E-state index contributed by atoms with van der Waals surface area (Å²) >= 11 is 12.2. The number of benzene rings is 4. The van der Waals surface area contributed by atoms with Crippen LogP contribution in [0.25, 0.3) is 10.8 Å². The normalized spacial score (nSPS) is 11.1. The van der Waals surface area contributed by atoms with Crippen molar-refractivity contribution in [2.45, 2.75) is 6.61 Å². The third-order valence-corrected chi connectivity index (χ3v) is 6.60. The third kappa shape index (κ3) is 5.89. The lowest BCUT2D eigenvalue weighted by atomic mass is 10.1. The number of amides is 1. The summed E-state index contributed by atoms with van der Waals surface area (Å²) in [5.41, 5.74) is 4.69. The number of fused-ring (bicyclic) bond motifs is 1. The zero-order valence-electron chi connectivity index (χ0n) is 18.0. The number of nitrogens with one attached hydrogen (secondary N) is 1. The van der Waals surface area contributed by atoms with E-state index < -0.39 is 0 Å². The summed E-state index contributed by atoms with van der Waals surface area (Å²) in [4.78, 5) is 12.7. The van der Waals surface area contributed by atoms with Gasteiger partial charge in [0.05, 0.1) is 28.4 Å². The predicted octanol–water partition coefficient (Wildman–Crippen LogP) is 7.21. The first kappa shape index (κ1) is 24.5. The Morgan fingerprint density at radius 1 is 1.09 bits per heavy atom. The number of hydrogen-bond donors (Lipinski definition) is 1. The number of hydrogen-bond acceptors (Lipinski definition) is 4. The summed E-state index contributed by atoms with van der Waals surface area (Å²) in [6.07, 6.45) is 1.52. The number of ether oxygens (including phenoxy) is 2. The van der Waals surface area contributed by atoms with Crippen LogP contribution in [0.1, 0.15) is 21.5 Å². The van der Waals surface area contributed by atoms with Gasteiger partial charge in [0, 0.05) is 3.57 Å². The molecule has 0 spiro atoms. The van der Waals surface area contributed by atoms with Crippen LogP contribution in [0, 0.1) is 3.57 Å². The largest absolute Gasteiger partial charge is 0.496 e. The van der Waals surface area contributed by atoms with Gasteiger partial charge in [0.1, 0.15) is 12.4 Å². The van der Waals surface area contributed by atoms with Crippen molar-refractivity contribution in [3.8, 4) is 11.5 Å². The molecule has 0 fully saturated rings. The Labute approximate surface area is 224 Å². The van der Waals surface area contributed by atoms with Crippen LogP contribution < -0.4 is 14.9 Å². The first-order chi connectivity index (χ1) is 16.4. The Balaban J connectivity index is 1.45. The van der Waals surface area contributed by atoms with Gasteiger partial charge in [-0.15, -0.1) is 0 Å². The van der Waals surface area contributed by atoms with E-state index in [1.54, 1.807) is 12.1 Å². The fourth-order valence-electron chi connectivity index (χ4n) is 3.32. The van der Waals surface area contributed by atoms with E-state index in [4.69, 9.17) is 21.1 Å². The van der Waals surface area contributed by atoms with E-state index in [1.165, 1.54) is 13.3 Å². The molecule has 0 unspecified atom stereocenters. The maximum Gasteiger partial charge on any atom is 0.275 e. The van der Waals surface area contributed by atoms with Crippen molar-refractivity contribution in [1.82, 2.24) is 5.43 Å². The first-order valence-electron chi connectivity index (χ1n) is 10.2. The predicted molar refractivity (Wildman–Crippen MR) is 148 cm³/mol. The van der Waals surface area contributed by atoms with Crippen LogP contribution in [0.2, 0.25) is 5.02 Å². The highest BCUT2D eigenvalue weighted by atomic mass is 127. The van der Waals surface area contributed by atoms with E-state index in [2.05, 4.69) is 49.0 Å². The minimum absolute atomic E-state index is 0.374. The summed E-state index contributed by atoms with van der Waals surface area (Å²) < 4.78 is 13.1. The Kier molecular flexibility index (Phi) is 8.07. The molecule has 4 aromatic carbocycles. The van der Waals surface area contributed by atoms with Crippen LogP contribution in [0.3, 0.4) is 0 Å².